The van der Waals surface area contributed by atoms with Crippen LogP contribution in [0.15, 0.2) is 55.0 Å². The van der Waals surface area contributed by atoms with Crippen molar-refractivity contribution < 1.29 is 18.0 Å². The van der Waals surface area contributed by atoms with Gasteiger partial charge in [-0.1, -0.05) is 6.07 Å². The molecule has 164 valence electrons. The molecular weight excluding hydrogens is 419 g/mol. The first kappa shape index (κ1) is 20.4. The predicted octanol–water partition coefficient (Wildman–Crippen LogP) is 4.47. The maximum atomic E-state index is 14.7. The molecular formula is C23H20F3N5O. The summed E-state index contributed by atoms with van der Waals surface area (Å²) >= 11 is 0. The van der Waals surface area contributed by atoms with Gasteiger partial charge in [0.1, 0.15) is 11.6 Å². The summed E-state index contributed by atoms with van der Waals surface area (Å²) in [6.45, 7) is 0. The number of nitrogens with zero attached hydrogens (tertiary/aromatic N) is 4. The van der Waals surface area contributed by atoms with Crippen molar-refractivity contribution >= 4 is 11.7 Å². The fourth-order valence-corrected chi connectivity index (χ4v) is 4.77. The number of carbonyl (C=O) groups excluding carboxylic acids is 1. The van der Waals surface area contributed by atoms with Gasteiger partial charge in [-0.15, -0.1) is 0 Å². The zero-order valence-corrected chi connectivity index (χ0v) is 17.0. The molecule has 2 fully saturated rings. The van der Waals surface area contributed by atoms with E-state index in [1.165, 1.54) is 36.7 Å². The standard InChI is InChI=1S/C23H20F3N5O/c24-16-4-1-3-15(20(16)22-27-9-2-10-28-22)23(32)31-14-6-7-18(31)17(11-14)30-19-8-5-13(12-29-19)21(25)26/h1-5,8-10,12,14,17-18,21H,6-7,11H2,(H,29,30). The van der Waals surface area contributed by atoms with E-state index >= 15 is 0 Å². The van der Waals surface area contributed by atoms with Gasteiger partial charge in [0.25, 0.3) is 12.3 Å². The van der Waals surface area contributed by atoms with Gasteiger partial charge >= 0.3 is 0 Å². The van der Waals surface area contributed by atoms with Crippen molar-refractivity contribution in [2.45, 2.75) is 43.8 Å². The van der Waals surface area contributed by atoms with Crippen LogP contribution in [0.5, 0.6) is 0 Å². The van der Waals surface area contributed by atoms with E-state index in [4.69, 9.17) is 0 Å². The van der Waals surface area contributed by atoms with Crippen LogP contribution in [0.2, 0.25) is 0 Å². The van der Waals surface area contributed by atoms with Gasteiger partial charge in [0.15, 0.2) is 5.82 Å². The number of fused-ring (bicyclic) bond motifs is 2. The van der Waals surface area contributed by atoms with E-state index in [0.717, 1.165) is 19.0 Å². The van der Waals surface area contributed by atoms with Crippen LogP contribution in [-0.4, -0.2) is 43.9 Å². The number of halogens is 3. The first-order valence-corrected chi connectivity index (χ1v) is 10.4. The first-order chi connectivity index (χ1) is 15.5. The molecule has 2 aliphatic heterocycles. The molecule has 2 aliphatic rings. The molecule has 0 radical (unpaired) electrons. The van der Waals surface area contributed by atoms with Gasteiger partial charge in [-0.2, -0.15) is 0 Å². The number of anilines is 1. The van der Waals surface area contributed by atoms with Crippen molar-refractivity contribution in [1.29, 1.82) is 0 Å². The normalized spacial score (nSPS) is 21.9. The number of hydrogen-bond donors (Lipinski definition) is 1. The Bertz CT molecular complexity index is 1130. The molecule has 5 rings (SSSR count). The second kappa shape index (κ2) is 8.22. The van der Waals surface area contributed by atoms with E-state index in [-0.39, 0.29) is 46.5 Å². The van der Waals surface area contributed by atoms with Crippen LogP contribution >= 0.6 is 0 Å². The third kappa shape index (κ3) is 3.57. The molecule has 0 saturated carbocycles. The van der Waals surface area contributed by atoms with Crippen molar-refractivity contribution in [3.05, 3.63) is 71.9 Å². The van der Waals surface area contributed by atoms with Gasteiger partial charge in [0, 0.05) is 36.2 Å². The summed E-state index contributed by atoms with van der Waals surface area (Å²) in [5.41, 5.74) is 0.188. The zero-order valence-electron chi connectivity index (χ0n) is 17.0. The average Bonchev–Trinajstić information content (AvgIpc) is 3.37. The minimum Gasteiger partial charge on any atom is -0.365 e. The Balaban J connectivity index is 1.40. The number of aromatic nitrogens is 3. The highest BCUT2D eigenvalue weighted by Crippen LogP contribution is 2.41. The van der Waals surface area contributed by atoms with Crippen molar-refractivity contribution in [1.82, 2.24) is 19.9 Å². The number of nitrogens with one attached hydrogen (secondary N) is 1. The molecule has 1 amide bonds. The highest BCUT2D eigenvalue weighted by atomic mass is 19.3. The average molecular weight is 439 g/mol. The fourth-order valence-electron chi connectivity index (χ4n) is 4.77. The van der Waals surface area contributed by atoms with Gasteiger partial charge in [-0.05, 0) is 49.6 Å². The Hall–Kier alpha value is -3.49. The third-order valence-electron chi connectivity index (χ3n) is 6.18. The van der Waals surface area contributed by atoms with Crippen molar-refractivity contribution in [3.8, 4) is 11.4 Å². The summed E-state index contributed by atoms with van der Waals surface area (Å²) in [6, 6.07) is 8.75. The predicted molar refractivity (Wildman–Crippen MR) is 112 cm³/mol. The maximum Gasteiger partial charge on any atom is 0.265 e. The second-order valence-electron chi connectivity index (χ2n) is 8.01. The lowest BCUT2D eigenvalue weighted by Gasteiger charge is -2.26. The monoisotopic (exact) mass is 439 g/mol. The van der Waals surface area contributed by atoms with Gasteiger partial charge in [0.2, 0.25) is 0 Å². The van der Waals surface area contributed by atoms with Crippen molar-refractivity contribution in [2.75, 3.05) is 5.32 Å². The minimum atomic E-state index is -2.57. The van der Waals surface area contributed by atoms with Gasteiger partial charge in [-0.3, -0.25) is 4.79 Å². The van der Waals surface area contributed by atoms with Crippen LogP contribution in [-0.2, 0) is 0 Å². The maximum absolute atomic E-state index is 14.7. The molecule has 6 nitrogen and oxygen atoms in total. The highest BCUT2D eigenvalue weighted by molar-refractivity contribution is 6.01. The van der Waals surface area contributed by atoms with E-state index in [1.54, 1.807) is 12.1 Å². The number of carbonyl (C=O) groups is 1. The van der Waals surface area contributed by atoms with Crippen molar-refractivity contribution in [2.24, 2.45) is 0 Å². The molecule has 4 heterocycles. The van der Waals surface area contributed by atoms with Crippen LogP contribution in [0.3, 0.4) is 0 Å². The minimum absolute atomic E-state index is 0.0122. The summed E-state index contributed by atoms with van der Waals surface area (Å²) in [5.74, 6) is -0.154. The Kier molecular flexibility index (Phi) is 5.24. The van der Waals surface area contributed by atoms with Crippen molar-refractivity contribution in [3.63, 3.8) is 0 Å². The summed E-state index contributed by atoms with van der Waals surface area (Å²) < 4.78 is 40.3. The zero-order chi connectivity index (χ0) is 22.2. The fraction of sp³-hybridized carbons (Fsp3) is 0.304. The molecule has 1 N–H and O–H groups in total. The number of rotatable bonds is 5. The SMILES string of the molecule is O=C(c1cccc(F)c1-c1ncccn1)N1C2CCC1C(Nc1ccc(C(F)F)cn1)C2. The number of alkyl halides is 2. The van der Waals surface area contributed by atoms with Gasteiger partial charge in [-0.25, -0.2) is 28.1 Å². The van der Waals surface area contributed by atoms with E-state index in [0.29, 0.717) is 12.2 Å². The number of pyridine rings is 1. The Morgan fingerprint density at radius 1 is 1.06 bits per heavy atom. The molecule has 2 bridgehead atoms. The smallest absolute Gasteiger partial charge is 0.265 e. The molecule has 0 spiro atoms. The lowest BCUT2D eigenvalue weighted by Crippen LogP contribution is -2.40. The Morgan fingerprint density at radius 3 is 2.59 bits per heavy atom. The van der Waals surface area contributed by atoms with Crippen LogP contribution in [0.4, 0.5) is 19.0 Å². The largest absolute Gasteiger partial charge is 0.365 e. The van der Waals surface area contributed by atoms with Crippen LogP contribution in [0, 0.1) is 5.82 Å². The lowest BCUT2D eigenvalue weighted by atomic mass is 9.95. The summed E-state index contributed by atoms with van der Waals surface area (Å²) in [6.07, 6.45) is 3.97. The van der Waals surface area contributed by atoms with Gasteiger partial charge in [0.05, 0.1) is 17.2 Å². The first-order valence-electron chi connectivity index (χ1n) is 10.4. The summed E-state index contributed by atoms with van der Waals surface area (Å²) in [7, 11) is 0. The topological polar surface area (TPSA) is 71.0 Å². The molecule has 1 aromatic carbocycles. The highest BCUT2D eigenvalue weighted by Gasteiger charge is 2.49. The van der Waals surface area contributed by atoms with E-state index in [9.17, 15) is 18.0 Å². The number of hydrogen-bond acceptors (Lipinski definition) is 5. The third-order valence-corrected chi connectivity index (χ3v) is 6.18. The van der Waals surface area contributed by atoms with Crippen LogP contribution in [0.1, 0.15) is 41.6 Å². The molecule has 0 aliphatic carbocycles. The molecule has 2 saturated heterocycles. The quantitative estimate of drug-likeness (QED) is 0.635. The van der Waals surface area contributed by atoms with E-state index < -0.39 is 12.2 Å². The molecule has 3 atom stereocenters. The molecule has 32 heavy (non-hydrogen) atoms. The lowest BCUT2D eigenvalue weighted by molar-refractivity contribution is 0.0728. The number of amides is 1. The Morgan fingerprint density at radius 2 is 1.88 bits per heavy atom. The summed E-state index contributed by atoms with van der Waals surface area (Å²) in [5, 5.41) is 3.28. The van der Waals surface area contributed by atoms with Gasteiger partial charge < -0.3 is 10.2 Å². The summed E-state index contributed by atoms with van der Waals surface area (Å²) in [4.78, 5) is 27.7. The Labute approximate surface area is 182 Å². The molecule has 9 heteroatoms. The molecule has 3 aromatic rings. The molecule has 2 aromatic heterocycles. The second-order valence-corrected chi connectivity index (χ2v) is 8.01. The number of benzene rings is 1. The molecule has 3 unspecified atom stereocenters. The van der Waals surface area contributed by atoms with E-state index in [1.807, 2.05) is 4.90 Å². The van der Waals surface area contributed by atoms with Crippen LogP contribution in [0.25, 0.3) is 11.4 Å². The van der Waals surface area contributed by atoms with E-state index in [2.05, 4.69) is 20.3 Å². The van der Waals surface area contributed by atoms with Crippen LogP contribution < -0.4 is 5.32 Å².